The molecule has 1 heterocycles. The molecule has 0 N–H and O–H groups in total. The SMILES string of the molecule is CC(C)Oc1ccc(Br)cc1C=Nn1c(C2CCCCC2)nc2ccccc2c1=O. The Balaban J connectivity index is 1.83. The summed E-state index contributed by atoms with van der Waals surface area (Å²) in [5.74, 6) is 1.75. The first kappa shape index (κ1) is 20.8. The lowest BCUT2D eigenvalue weighted by atomic mass is 9.88. The zero-order chi connectivity index (χ0) is 21.1. The maximum absolute atomic E-state index is 13.3. The Labute approximate surface area is 184 Å². The Kier molecular flexibility index (Phi) is 6.32. The normalized spacial score (nSPS) is 15.3. The van der Waals surface area contributed by atoms with Gasteiger partial charge in [-0.3, -0.25) is 4.79 Å². The van der Waals surface area contributed by atoms with Gasteiger partial charge in [0.15, 0.2) is 0 Å². The maximum Gasteiger partial charge on any atom is 0.282 e. The molecule has 6 heteroatoms. The second-order valence-electron chi connectivity index (χ2n) is 8.03. The van der Waals surface area contributed by atoms with E-state index in [-0.39, 0.29) is 17.6 Å². The third-order valence-electron chi connectivity index (χ3n) is 5.40. The number of benzene rings is 2. The zero-order valence-electron chi connectivity index (χ0n) is 17.3. The minimum absolute atomic E-state index is 0.0428. The topological polar surface area (TPSA) is 56.5 Å². The van der Waals surface area contributed by atoms with Crippen LogP contribution in [0.15, 0.2) is 56.8 Å². The van der Waals surface area contributed by atoms with Gasteiger partial charge in [0.1, 0.15) is 11.6 Å². The van der Waals surface area contributed by atoms with Crippen molar-refractivity contribution in [3.8, 4) is 5.75 Å². The zero-order valence-corrected chi connectivity index (χ0v) is 18.9. The van der Waals surface area contributed by atoms with Crippen molar-refractivity contribution in [3.05, 3.63) is 68.7 Å². The molecule has 1 aromatic heterocycles. The van der Waals surface area contributed by atoms with E-state index >= 15 is 0 Å². The van der Waals surface area contributed by atoms with Gasteiger partial charge in [0, 0.05) is 16.0 Å². The molecule has 0 spiro atoms. The van der Waals surface area contributed by atoms with Gasteiger partial charge in [-0.25, -0.2) is 4.98 Å². The fraction of sp³-hybridized carbons (Fsp3) is 0.375. The maximum atomic E-state index is 13.3. The van der Waals surface area contributed by atoms with Gasteiger partial charge in [-0.1, -0.05) is 47.3 Å². The number of rotatable bonds is 5. The van der Waals surface area contributed by atoms with Gasteiger partial charge in [0.05, 0.1) is 23.2 Å². The molecule has 0 amide bonds. The van der Waals surface area contributed by atoms with Crippen molar-refractivity contribution in [1.29, 1.82) is 0 Å². The van der Waals surface area contributed by atoms with E-state index in [2.05, 4.69) is 21.0 Å². The van der Waals surface area contributed by atoms with Crippen LogP contribution >= 0.6 is 15.9 Å². The summed E-state index contributed by atoms with van der Waals surface area (Å²) in [5.41, 5.74) is 1.42. The third-order valence-corrected chi connectivity index (χ3v) is 5.89. The van der Waals surface area contributed by atoms with Gasteiger partial charge in [0.25, 0.3) is 5.56 Å². The van der Waals surface area contributed by atoms with E-state index < -0.39 is 0 Å². The van der Waals surface area contributed by atoms with E-state index in [1.807, 2.05) is 56.3 Å². The molecule has 1 aliphatic carbocycles. The Morgan fingerprint density at radius 3 is 2.70 bits per heavy atom. The van der Waals surface area contributed by atoms with Crippen molar-refractivity contribution >= 4 is 33.0 Å². The molecule has 3 aromatic rings. The smallest absolute Gasteiger partial charge is 0.282 e. The molecule has 156 valence electrons. The van der Waals surface area contributed by atoms with Crippen LogP contribution in [0.3, 0.4) is 0 Å². The standard InChI is InChI=1S/C24H26BrN3O2/c1-16(2)30-22-13-12-19(25)14-18(22)15-26-28-23(17-8-4-3-5-9-17)27-21-11-7-6-10-20(21)24(28)29/h6-7,10-17H,3-5,8-9H2,1-2H3. The van der Waals surface area contributed by atoms with Gasteiger partial charge in [-0.05, 0) is 57.0 Å². The summed E-state index contributed by atoms with van der Waals surface area (Å²) in [6.45, 7) is 3.98. The molecule has 0 radical (unpaired) electrons. The molecule has 5 nitrogen and oxygen atoms in total. The van der Waals surface area contributed by atoms with Crippen molar-refractivity contribution in [2.75, 3.05) is 0 Å². The number of ether oxygens (including phenoxy) is 1. The number of aromatic nitrogens is 2. The molecule has 0 saturated heterocycles. The molecular weight excluding hydrogens is 442 g/mol. The van der Waals surface area contributed by atoms with E-state index in [1.165, 1.54) is 11.1 Å². The van der Waals surface area contributed by atoms with Crippen LogP contribution in [0.1, 0.15) is 63.3 Å². The first-order chi connectivity index (χ1) is 14.5. The first-order valence-electron chi connectivity index (χ1n) is 10.5. The first-order valence-corrected chi connectivity index (χ1v) is 11.3. The summed E-state index contributed by atoms with van der Waals surface area (Å²) in [7, 11) is 0. The fourth-order valence-corrected chi connectivity index (χ4v) is 4.36. The van der Waals surface area contributed by atoms with Crippen molar-refractivity contribution < 1.29 is 4.74 Å². The molecule has 4 rings (SSSR count). The lowest BCUT2D eigenvalue weighted by molar-refractivity contribution is 0.242. The molecular formula is C24H26BrN3O2. The van der Waals surface area contributed by atoms with Gasteiger partial charge < -0.3 is 4.74 Å². The van der Waals surface area contributed by atoms with Crippen LogP contribution in [0, 0.1) is 0 Å². The summed E-state index contributed by atoms with van der Waals surface area (Å²) in [5, 5.41) is 5.21. The quantitative estimate of drug-likeness (QED) is 0.440. The molecule has 1 fully saturated rings. The molecule has 30 heavy (non-hydrogen) atoms. The largest absolute Gasteiger partial charge is 0.490 e. The number of nitrogens with zero attached hydrogens (tertiary/aromatic N) is 3. The summed E-state index contributed by atoms with van der Waals surface area (Å²) >= 11 is 3.51. The summed E-state index contributed by atoms with van der Waals surface area (Å²) < 4.78 is 8.35. The molecule has 2 aromatic carbocycles. The van der Waals surface area contributed by atoms with E-state index in [0.717, 1.165) is 52.8 Å². The number of fused-ring (bicyclic) bond motifs is 1. The van der Waals surface area contributed by atoms with E-state index in [9.17, 15) is 4.79 Å². The van der Waals surface area contributed by atoms with Crippen LogP contribution < -0.4 is 10.3 Å². The van der Waals surface area contributed by atoms with Gasteiger partial charge in [-0.2, -0.15) is 9.78 Å². The summed E-state index contributed by atoms with van der Waals surface area (Å²) in [6, 6.07) is 13.3. The predicted octanol–water partition coefficient (Wildman–Crippen LogP) is 5.88. The van der Waals surface area contributed by atoms with Crippen LogP contribution in [-0.2, 0) is 0 Å². The number of hydrogen-bond acceptors (Lipinski definition) is 4. The van der Waals surface area contributed by atoms with E-state index in [0.29, 0.717) is 5.39 Å². The van der Waals surface area contributed by atoms with Crippen LogP contribution in [0.2, 0.25) is 0 Å². The van der Waals surface area contributed by atoms with Gasteiger partial charge in [-0.15, -0.1) is 0 Å². The highest BCUT2D eigenvalue weighted by Gasteiger charge is 2.22. The summed E-state index contributed by atoms with van der Waals surface area (Å²) in [4.78, 5) is 18.2. The minimum atomic E-state index is -0.126. The molecule has 0 unspecified atom stereocenters. The van der Waals surface area contributed by atoms with Crippen LogP contribution in [0.4, 0.5) is 0 Å². The molecule has 1 saturated carbocycles. The average Bonchev–Trinajstić information content (AvgIpc) is 2.75. The second-order valence-corrected chi connectivity index (χ2v) is 8.95. The average molecular weight is 468 g/mol. The molecule has 0 aliphatic heterocycles. The van der Waals surface area contributed by atoms with Crippen molar-refractivity contribution in [2.45, 2.75) is 58.0 Å². The van der Waals surface area contributed by atoms with Gasteiger partial charge >= 0.3 is 0 Å². The van der Waals surface area contributed by atoms with Crippen molar-refractivity contribution in [1.82, 2.24) is 9.66 Å². The molecule has 0 bridgehead atoms. The Morgan fingerprint density at radius 1 is 1.17 bits per heavy atom. The highest BCUT2D eigenvalue weighted by molar-refractivity contribution is 9.10. The minimum Gasteiger partial charge on any atom is -0.490 e. The molecule has 1 aliphatic rings. The highest BCUT2D eigenvalue weighted by Crippen LogP contribution is 2.32. The van der Waals surface area contributed by atoms with Crippen LogP contribution in [-0.4, -0.2) is 22.0 Å². The second kappa shape index (κ2) is 9.13. The van der Waals surface area contributed by atoms with E-state index in [4.69, 9.17) is 9.72 Å². The fourth-order valence-electron chi connectivity index (χ4n) is 3.98. The number of hydrogen-bond donors (Lipinski definition) is 0. The van der Waals surface area contributed by atoms with Crippen LogP contribution in [0.25, 0.3) is 10.9 Å². The summed E-state index contributed by atoms with van der Waals surface area (Å²) in [6.07, 6.45) is 7.39. The number of halogens is 1. The van der Waals surface area contributed by atoms with E-state index in [1.54, 1.807) is 6.21 Å². The predicted molar refractivity (Wildman–Crippen MR) is 125 cm³/mol. The van der Waals surface area contributed by atoms with Crippen molar-refractivity contribution in [3.63, 3.8) is 0 Å². The van der Waals surface area contributed by atoms with Crippen LogP contribution in [0.5, 0.6) is 5.75 Å². The Hall–Kier alpha value is -2.47. The lowest BCUT2D eigenvalue weighted by Gasteiger charge is -2.22. The highest BCUT2D eigenvalue weighted by atomic mass is 79.9. The monoisotopic (exact) mass is 467 g/mol. The number of para-hydroxylation sites is 1. The van der Waals surface area contributed by atoms with Crippen molar-refractivity contribution in [2.24, 2.45) is 5.10 Å². The lowest BCUT2D eigenvalue weighted by Crippen LogP contribution is -2.25. The Morgan fingerprint density at radius 2 is 1.93 bits per heavy atom. The molecule has 0 atom stereocenters. The Bertz CT molecular complexity index is 1130. The van der Waals surface area contributed by atoms with Gasteiger partial charge in [0.2, 0.25) is 0 Å². The third kappa shape index (κ3) is 4.48.